The monoisotopic (exact) mass is 232 g/mol. The summed E-state index contributed by atoms with van der Waals surface area (Å²) in [6, 6.07) is 0. The maximum absolute atomic E-state index is 11.2. The van der Waals surface area contributed by atoms with E-state index < -0.39 is 36.7 Å². The third-order valence-corrected chi connectivity index (χ3v) is 2.39. The third kappa shape index (κ3) is 2.59. The average molecular weight is 232 g/mol. The summed E-state index contributed by atoms with van der Waals surface area (Å²) in [5, 5.41) is 28.6. The second-order valence-electron chi connectivity index (χ2n) is 3.86. The molecule has 0 aromatic carbocycles. The fourth-order valence-electron chi connectivity index (χ4n) is 1.37. The fourth-order valence-corrected chi connectivity index (χ4v) is 1.37. The molecule has 16 heavy (non-hydrogen) atoms. The highest BCUT2D eigenvalue weighted by molar-refractivity contribution is 5.87. The summed E-state index contributed by atoms with van der Waals surface area (Å²) in [5.41, 5.74) is 0.132. The van der Waals surface area contributed by atoms with Gasteiger partial charge in [-0.1, -0.05) is 6.58 Å². The zero-order chi connectivity index (χ0) is 12.5. The SMILES string of the molecule is C=C(C)C(=O)O[C@H]1C(O)[C@H](O)C(C)O[C@@H]1O. The van der Waals surface area contributed by atoms with Crippen molar-refractivity contribution >= 4 is 5.97 Å². The van der Waals surface area contributed by atoms with Crippen LogP contribution in [0.5, 0.6) is 0 Å². The molecule has 1 aliphatic heterocycles. The van der Waals surface area contributed by atoms with E-state index in [0.717, 1.165) is 0 Å². The number of esters is 1. The Hall–Kier alpha value is -0.950. The molecular weight excluding hydrogens is 216 g/mol. The summed E-state index contributed by atoms with van der Waals surface area (Å²) in [5.74, 6) is -0.756. The molecule has 3 N–H and O–H groups in total. The van der Waals surface area contributed by atoms with Gasteiger partial charge in [0, 0.05) is 5.57 Å². The Morgan fingerprint density at radius 1 is 1.31 bits per heavy atom. The number of aliphatic hydroxyl groups excluding tert-OH is 3. The molecule has 0 saturated carbocycles. The zero-order valence-electron chi connectivity index (χ0n) is 9.16. The van der Waals surface area contributed by atoms with Crippen LogP contribution in [-0.4, -0.2) is 52.0 Å². The molecule has 1 saturated heterocycles. The van der Waals surface area contributed by atoms with Crippen molar-refractivity contribution in [3.63, 3.8) is 0 Å². The smallest absolute Gasteiger partial charge is 0.333 e. The maximum Gasteiger partial charge on any atom is 0.333 e. The highest BCUT2D eigenvalue weighted by Crippen LogP contribution is 2.22. The van der Waals surface area contributed by atoms with E-state index in [1.165, 1.54) is 13.8 Å². The lowest BCUT2D eigenvalue weighted by Gasteiger charge is -2.38. The number of hydrogen-bond acceptors (Lipinski definition) is 6. The molecule has 2 unspecified atom stereocenters. The molecule has 1 rings (SSSR count). The molecule has 0 aliphatic carbocycles. The van der Waals surface area contributed by atoms with Gasteiger partial charge in [0.25, 0.3) is 0 Å². The van der Waals surface area contributed by atoms with Crippen molar-refractivity contribution in [1.82, 2.24) is 0 Å². The predicted octanol–water partition coefficient (Wildman–Crippen LogP) is -1.07. The van der Waals surface area contributed by atoms with E-state index in [-0.39, 0.29) is 5.57 Å². The van der Waals surface area contributed by atoms with Crippen LogP contribution >= 0.6 is 0 Å². The van der Waals surface area contributed by atoms with Crippen molar-refractivity contribution in [3.8, 4) is 0 Å². The highest BCUT2D eigenvalue weighted by atomic mass is 16.7. The molecule has 0 bridgehead atoms. The predicted molar refractivity (Wildman–Crippen MR) is 53.3 cm³/mol. The van der Waals surface area contributed by atoms with Crippen LogP contribution in [-0.2, 0) is 14.3 Å². The van der Waals surface area contributed by atoms with Crippen LogP contribution in [0.4, 0.5) is 0 Å². The van der Waals surface area contributed by atoms with Crippen LogP contribution in [0.25, 0.3) is 0 Å². The number of rotatable bonds is 2. The van der Waals surface area contributed by atoms with Crippen molar-refractivity contribution in [2.75, 3.05) is 0 Å². The minimum absolute atomic E-state index is 0.132. The lowest BCUT2D eigenvalue weighted by Crippen LogP contribution is -2.58. The summed E-state index contributed by atoms with van der Waals surface area (Å²) < 4.78 is 9.67. The molecule has 5 atom stereocenters. The largest absolute Gasteiger partial charge is 0.451 e. The van der Waals surface area contributed by atoms with Crippen molar-refractivity contribution in [1.29, 1.82) is 0 Å². The van der Waals surface area contributed by atoms with Crippen LogP contribution in [0, 0.1) is 0 Å². The molecule has 0 radical (unpaired) electrons. The van der Waals surface area contributed by atoms with Gasteiger partial charge in [0.05, 0.1) is 6.10 Å². The third-order valence-electron chi connectivity index (χ3n) is 2.39. The van der Waals surface area contributed by atoms with Gasteiger partial charge in [-0.15, -0.1) is 0 Å². The number of carbonyl (C=O) groups is 1. The summed E-state index contributed by atoms with van der Waals surface area (Å²) >= 11 is 0. The van der Waals surface area contributed by atoms with Gasteiger partial charge < -0.3 is 24.8 Å². The van der Waals surface area contributed by atoms with Gasteiger partial charge in [0.1, 0.15) is 12.2 Å². The van der Waals surface area contributed by atoms with Gasteiger partial charge in [-0.3, -0.25) is 0 Å². The van der Waals surface area contributed by atoms with E-state index in [2.05, 4.69) is 6.58 Å². The van der Waals surface area contributed by atoms with Crippen molar-refractivity contribution in [3.05, 3.63) is 12.2 Å². The molecule has 0 spiro atoms. The number of aliphatic hydroxyl groups is 3. The zero-order valence-corrected chi connectivity index (χ0v) is 9.16. The lowest BCUT2D eigenvalue weighted by molar-refractivity contribution is -0.281. The second kappa shape index (κ2) is 4.92. The Labute approximate surface area is 93.1 Å². The number of hydrogen-bond donors (Lipinski definition) is 3. The van der Waals surface area contributed by atoms with Crippen LogP contribution < -0.4 is 0 Å². The summed E-state index contributed by atoms with van der Waals surface area (Å²) in [6.45, 7) is 6.29. The first-order valence-corrected chi connectivity index (χ1v) is 4.90. The Morgan fingerprint density at radius 2 is 1.88 bits per heavy atom. The van der Waals surface area contributed by atoms with Crippen molar-refractivity contribution in [2.24, 2.45) is 0 Å². The van der Waals surface area contributed by atoms with Gasteiger partial charge in [-0.25, -0.2) is 4.79 Å². The van der Waals surface area contributed by atoms with Gasteiger partial charge in [-0.2, -0.15) is 0 Å². The summed E-state index contributed by atoms with van der Waals surface area (Å²) in [6.07, 6.45) is -6.11. The van der Waals surface area contributed by atoms with Gasteiger partial charge in [0.2, 0.25) is 0 Å². The first kappa shape index (κ1) is 13.1. The van der Waals surface area contributed by atoms with Gasteiger partial charge in [-0.05, 0) is 13.8 Å². The molecule has 0 aromatic rings. The molecule has 1 aliphatic rings. The van der Waals surface area contributed by atoms with E-state index in [4.69, 9.17) is 9.47 Å². The van der Waals surface area contributed by atoms with Crippen LogP contribution in [0.15, 0.2) is 12.2 Å². The molecule has 0 aromatic heterocycles. The Balaban J connectivity index is 2.71. The first-order chi connectivity index (χ1) is 7.34. The minimum Gasteiger partial charge on any atom is -0.451 e. The van der Waals surface area contributed by atoms with Gasteiger partial charge >= 0.3 is 5.97 Å². The molecule has 92 valence electrons. The average Bonchev–Trinajstić information content (AvgIpc) is 2.20. The van der Waals surface area contributed by atoms with Crippen LogP contribution in [0.3, 0.4) is 0 Å². The quantitative estimate of drug-likeness (QED) is 0.414. The minimum atomic E-state index is -1.46. The number of ether oxygens (including phenoxy) is 2. The van der Waals surface area contributed by atoms with E-state index in [0.29, 0.717) is 0 Å². The summed E-state index contributed by atoms with van der Waals surface area (Å²) in [4.78, 5) is 11.2. The highest BCUT2D eigenvalue weighted by Gasteiger charge is 2.44. The van der Waals surface area contributed by atoms with E-state index >= 15 is 0 Å². The van der Waals surface area contributed by atoms with Crippen LogP contribution in [0.2, 0.25) is 0 Å². The molecule has 1 fully saturated rings. The Kier molecular flexibility index (Phi) is 4.03. The Morgan fingerprint density at radius 3 is 2.38 bits per heavy atom. The number of carbonyl (C=O) groups excluding carboxylic acids is 1. The molecule has 0 amide bonds. The van der Waals surface area contributed by atoms with E-state index in [1.54, 1.807) is 0 Å². The topological polar surface area (TPSA) is 96.2 Å². The van der Waals surface area contributed by atoms with Crippen LogP contribution in [0.1, 0.15) is 13.8 Å². The van der Waals surface area contributed by atoms with E-state index in [1.807, 2.05) is 0 Å². The van der Waals surface area contributed by atoms with Crippen molar-refractivity contribution < 1.29 is 29.6 Å². The van der Waals surface area contributed by atoms with Gasteiger partial charge in [0.15, 0.2) is 12.4 Å². The second-order valence-corrected chi connectivity index (χ2v) is 3.86. The Bertz CT molecular complexity index is 289. The van der Waals surface area contributed by atoms with Crippen molar-refractivity contribution in [2.45, 2.75) is 44.6 Å². The standard InChI is InChI=1S/C10H16O6/c1-4(2)9(13)16-8-7(12)6(11)5(3)15-10(8)14/h5-8,10-12,14H,1H2,2-3H3/t5?,6-,7?,8+,10+/m1/s1. The normalized spacial score (nSPS) is 39.2. The maximum atomic E-state index is 11.2. The molecule has 6 nitrogen and oxygen atoms in total. The molecule has 1 heterocycles. The fraction of sp³-hybridized carbons (Fsp3) is 0.700. The lowest BCUT2D eigenvalue weighted by atomic mass is 10.00. The first-order valence-electron chi connectivity index (χ1n) is 4.90. The summed E-state index contributed by atoms with van der Waals surface area (Å²) in [7, 11) is 0. The molecule has 6 heteroatoms. The molecular formula is C10H16O6. The van der Waals surface area contributed by atoms with E-state index in [9.17, 15) is 20.1 Å².